The SMILES string of the molecule is O=C(Nc1ccc(S(F)(F)(F)(F)F)cc1)c1ccc(S(=O)c2ccc(O)cc2)cc1. The Hall–Kier alpha value is -2.92. The molecule has 2 N–H and O–H groups in total. The van der Waals surface area contributed by atoms with Crippen molar-refractivity contribution in [1.82, 2.24) is 0 Å². The van der Waals surface area contributed by atoms with Gasteiger partial charge in [0.05, 0.1) is 10.8 Å². The molecule has 1 atom stereocenters. The summed E-state index contributed by atoms with van der Waals surface area (Å²) in [5, 5.41) is 11.6. The number of phenols is 1. The lowest BCUT2D eigenvalue weighted by Crippen LogP contribution is -2.12. The molecule has 0 aromatic heterocycles. The Morgan fingerprint density at radius 1 is 0.767 bits per heavy atom. The summed E-state index contributed by atoms with van der Waals surface area (Å²) in [4.78, 5) is 11.0. The molecule has 3 aromatic rings. The first-order valence-electron chi connectivity index (χ1n) is 8.19. The van der Waals surface area contributed by atoms with Crippen LogP contribution in [-0.2, 0) is 10.8 Å². The van der Waals surface area contributed by atoms with Crippen molar-refractivity contribution in [2.75, 3.05) is 5.32 Å². The highest BCUT2D eigenvalue weighted by atomic mass is 32.5. The number of hydrogen-bond acceptors (Lipinski definition) is 3. The molecule has 0 heterocycles. The molecule has 0 aliphatic carbocycles. The summed E-state index contributed by atoms with van der Waals surface area (Å²) in [6.07, 6.45) is 0. The third-order valence-corrected chi connectivity index (χ3v) is 6.50. The van der Waals surface area contributed by atoms with Gasteiger partial charge in [-0.25, -0.2) is 4.21 Å². The fraction of sp³-hybridized carbons (Fsp3) is 0. The number of carbonyl (C=O) groups is 1. The van der Waals surface area contributed by atoms with E-state index in [9.17, 15) is 33.5 Å². The second-order valence-electron chi connectivity index (χ2n) is 6.23. The van der Waals surface area contributed by atoms with Crippen molar-refractivity contribution >= 4 is 32.6 Å². The van der Waals surface area contributed by atoms with Gasteiger partial charge in [-0.3, -0.25) is 4.79 Å². The number of benzene rings is 3. The molecule has 0 bridgehead atoms. The molecular formula is C19H14F5NO3S2. The molecule has 0 saturated heterocycles. The first kappa shape index (κ1) is 21.8. The van der Waals surface area contributed by atoms with E-state index in [0.29, 0.717) is 9.79 Å². The molecule has 1 amide bonds. The first-order valence-corrected chi connectivity index (χ1v) is 11.3. The normalized spacial score (nSPS) is 15.0. The highest BCUT2D eigenvalue weighted by Crippen LogP contribution is 3.02. The number of carbonyl (C=O) groups excluding carboxylic acids is 1. The maximum atomic E-state index is 12.7. The molecule has 0 aliphatic rings. The van der Waals surface area contributed by atoms with E-state index in [0.717, 1.165) is 12.1 Å². The van der Waals surface area contributed by atoms with Gasteiger partial charge in [-0.05, 0) is 72.8 Å². The lowest BCUT2D eigenvalue weighted by molar-refractivity contribution is 0.102. The lowest BCUT2D eigenvalue weighted by Gasteiger charge is -2.40. The van der Waals surface area contributed by atoms with Crippen LogP contribution in [0.3, 0.4) is 0 Å². The van der Waals surface area contributed by atoms with Crippen molar-refractivity contribution in [2.45, 2.75) is 14.7 Å². The van der Waals surface area contributed by atoms with Crippen LogP contribution >= 0.6 is 10.2 Å². The molecule has 4 nitrogen and oxygen atoms in total. The molecule has 3 aromatic carbocycles. The van der Waals surface area contributed by atoms with E-state index in [1.54, 1.807) is 0 Å². The smallest absolute Gasteiger partial charge is 0.310 e. The van der Waals surface area contributed by atoms with E-state index in [4.69, 9.17) is 0 Å². The van der Waals surface area contributed by atoms with Gasteiger partial charge in [0.2, 0.25) is 0 Å². The number of rotatable bonds is 5. The van der Waals surface area contributed by atoms with Gasteiger partial charge in [0.15, 0.2) is 0 Å². The quantitative estimate of drug-likeness (QED) is 0.426. The summed E-state index contributed by atoms with van der Waals surface area (Å²) < 4.78 is 76.1. The van der Waals surface area contributed by atoms with Crippen molar-refractivity contribution in [3.8, 4) is 5.75 Å². The molecule has 11 heteroatoms. The average Bonchev–Trinajstić information content (AvgIpc) is 2.67. The zero-order chi connectivity index (χ0) is 22.2. The average molecular weight is 463 g/mol. The highest BCUT2D eigenvalue weighted by molar-refractivity contribution is 8.45. The standard InChI is InChI=1S/C19H14F5NO3S2/c20-30(21,22,23,24)18-11-3-14(4-12-18)25-19(27)13-1-7-16(8-2-13)29(28)17-9-5-15(26)6-10-17/h1-12,26H,(H,25,27). The second-order valence-corrected chi connectivity index (χ2v) is 10.1. The summed E-state index contributed by atoms with van der Waals surface area (Å²) >= 11 is 0. The van der Waals surface area contributed by atoms with Gasteiger partial charge in [0.25, 0.3) is 5.91 Å². The molecule has 30 heavy (non-hydrogen) atoms. The third kappa shape index (κ3) is 5.16. The fourth-order valence-corrected chi connectivity index (χ4v) is 4.12. The molecular weight excluding hydrogens is 449 g/mol. The van der Waals surface area contributed by atoms with Gasteiger partial charge in [-0.2, -0.15) is 0 Å². The summed E-state index contributed by atoms with van der Waals surface area (Å²) in [7, 11) is -11.3. The zero-order valence-electron chi connectivity index (χ0n) is 14.9. The van der Waals surface area contributed by atoms with Crippen molar-refractivity contribution in [3.05, 3.63) is 78.4 Å². The fourth-order valence-electron chi connectivity index (χ4n) is 2.43. The lowest BCUT2D eigenvalue weighted by atomic mass is 10.2. The Morgan fingerprint density at radius 2 is 1.23 bits per heavy atom. The molecule has 1 unspecified atom stereocenters. The molecule has 0 fully saturated rings. The van der Waals surface area contributed by atoms with Gasteiger partial charge in [0.1, 0.15) is 10.6 Å². The highest BCUT2D eigenvalue weighted by Gasteiger charge is 2.65. The van der Waals surface area contributed by atoms with Gasteiger partial charge in [-0.15, -0.1) is 0 Å². The van der Waals surface area contributed by atoms with Crippen LogP contribution in [0.15, 0.2) is 87.5 Å². The third-order valence-electron chi connectivity index (χ3n) is 3.94. The minimum absolute atomic E-state index is 0.0244. The summed E-state index contributed by atoms with van der Waals surface area (Å²) in [6, 6.07) is 13.3. The Labute approximate surface area is 170 Å². The van der Waals surface area contributed by atoms with Crippen LogP contribution in [0.1, 0.15) is 10.4 Å². The molecule has 0 spiro atoms. The molecule has 0 radical (unpaired) electrons. The van der Waals surface area contributed by atoms with E-state index in [-0.39, 0.29) is 29.1 Å². The number of hydrogen-bond donors (Lipinski definition) is 2. The van der Waals surface area contributed by atoms with Gasteiger partial charge < -0.3 is 10.4 Å². The number of anilines is 1. The van der Waals surface area contributed by atoms with E-state index in [1.807, 2.05) is 0 Å². The Morgan fingerprint density at radius 3 is 1.70 bits per heavy atom. The van der Waals surface area contributed by atoms with E-state index in [1.165, 1.54) is 48.5 Å². The van der Waals surface area contributed by atoms with Crippen molar-refractivity contribution < 1.29 is 33.5 Å². The summed E-state index contributed by atoms with van der Waals surface area (Å²) in [6.45, 7) is 0. The number of nitrogens with one attached hydrogen (secondary N) is 1. The summed E-state index contributed by atoms with van der Waals surface area (Å²) in [5.41, 5.74) is 0.0283. The number of halogens is 5. The molecule has 3 rings (SSSR count). The Kier molecular flexibility index (Phi) is 4.94. The van der Waals surface area contributed by atoms with Crippen LogP contribution in [0.4, 0.5) is 25.1 Å². The monoisotopic (exact) mass is 463 g/mol. The second kappa shape index (κ2) is 6.81. The van der Waals surface area contributed by atoms with Gasteiger partial charge in [0, 0.05) is 21.0 Å². The summed E-state index contributed by atoms with van der Waals surface area (Å²) in [5.74, 6) is -0.659. The van der Waals surface area contributed by atoms with Crippen LogP contribution in [-0.4, -0.2) is 15.2 Å². The predicted molar refractivity (Wildman–Crippen MR) is 105 cm³/mol. The first-order chi connectivity index (χ1) is 13.7. The van der Waals surface area contributed by atoms with Gasteiger partial charge >= 0.3 is 10.2 Å². The van der Waals surface area contributed by atoms with Crippen LogP contribution in [0, 0.1) is 0 Å². The van der Waals surface area contributed by atoms with Crippen LogP contribution < -0.4 is 5.32 Å². The Balaban J connectivity index is 1.72. The maximum Gasteiger partial charge on any atom is 0.310 e. The largest absolute Gasteiger partial charge is 0.508 e. The molecule has 0 aliphatic heterocycles. The molecule has 160 valence electrons. The van der Waals surface area contributed by atoms with E-state index in [2.05, 4.69) is 5.32 Å². The maximum absolute atomic E-state index is 12.7. The number of amides is 1. The van der Waals surface area contributed by atoms with Crippen LogP contribution in [0.25, 0.3) is 0 Å². The van der Waals surface area contributed by atoms with Crippen molar-refractivity contribution in [1.29, 1.82) is 0 Å². The zero-order valence-corrected chi connectivity index (χ0v) is 16.5. The number of phenolic OH excluding ortho intramolecular Hbond substituents is 1. The van der Waals surface area contributed by atoms with E-state index < -0.39 is 31.8 Å². The van der Waals surface area contributed by atoms with Crippen molar-refractivity contribution in [2.24, 2.45) is 0 Å². The van der Waals surface area contributed by atoms with Crippen LogP contribution in [0.2, 0.25) is 0 Å². The van der Waals surface area contributed by atoms with Crippen molar-refractivity contribution in [3.63, 3.8) is 0 Å². The number of aromatic hydroxyl groups is 1. The Bertz CT molecular complexity index is 1120. The predicted octanol–water partition coefficient (Wildman–Crippen LogP) is 6.47. The topological polar surface area (TPSA) is 66.4 Å². The minimum atomic E-state index is -9.77. The van der Waals surface area contributed by atoms with Gasteiger partial charge in [-0.1, -0.05) is 19.4 Å². The molecule has 0 saturated carbocycles. The van der Waals surface area contributed by atoms with Crippen LogP contribution in [0.5, 0.6) is 5.75 Å². The minimum Gasteiger partial charge on any atom is -0.508 e. The van der Waals surface area contributed by atoms with E-state index >= 15 is 0 Å².